The van der Waals surface area contributed by atoms with Gasteiger partial charge >= 0.3 is 0 Å². The summed E-state index contributed by atoms with van der Waals surface area (Å²) in [5, 5.41) is 1.01. The summed E-state index contributed by atoms with van der Waals surface area (Å²) in [6.45, 7) is 0. The fourth-order valence-electron chi connectivity index (χ4n) is 1.59. The zero-order valence-corrected chi connectivity index (χ0v) is 11.7. The Balaban J connectivity index is 2.31. The first-order valence-corrected chi connectivity index (χ1v) is 7.33. The number of rotatable bonds is 3. The van der Waals surface area contributed by atoms with Gasteiger partial charge in [-0.2, -0.15) is 0 Å². The number of halogens is 2. The van der Waals surface area contributed by atoms with Crippen LogP contribution in [-0.2, 0) is 16.6 Å². The first kappa shape index (κ1) is 13.4. The van der Waals surface area contributed by atoms with E-state index in [2.05, 4.69) is 0 Å². The van der Waals surface area contributed by atoms with Gasteiger partial charge in [0.05, 0.1) is 26.5 Å². The molecule has 2 N–H and O–H groups in total. The SMILES string of the molecule is Nc1cccc(Cl)c1S(=O)Cc1ccccc1Cl. The number of benzene rings is 2. The molecule has 0 saturated carbocycles. The van der Waals surface area contributed by atoms with Crippen LogP contribution < -0.4 is 5.73 Å². The number of nitrogens with two attached hydrogens (primary N) is 1. The lowest BCUT2D eigenvalue weighted by Gasteiger charge is -2.08. The predicted molar refractivity (Wildman–Crippen MR) is 77.4 cm³/mol. The molecule has 2 nitrogen and oxygen atoms in total. The molecule has 1 atom stereocenters. The normalized spacial score (nSPS) is 12.3. The molecule has 2 aromatic carbocycles. The molecular weight excluding hydrogens is 289 g/mol. The maximum atomic E-state index is 12.3. The minimum absolute atomic E-state index is 0.299. The molecule has 18 heavy (non-hydrogen) atoms. The van der Waals surface area contributed by atoms with Crippen LogP contribution in [0.25, 0.3) is 0 Å². The first-order valence-electron chi connectivity index (χ1n) is 5.25. The first-order chi connectivity index (χ1) is 8.59. The predicted octanol–water partition coefficient (Wildman–Crippen LogP) is 3.88. The fraction of sp³-hybridized carbons (Fsp3) is 0.0769. The third-order valence-electron chi connectivity index (χ3n) is 2.47. The molecule has 0 aliphatic carbocycles. The lowest BCUT2D eigenvalue weighted by molar-refractivity contribution is 0.683. The third-order valence-corrected chi connectivity index (χ3v) is 4.75. The molecule has 0 aliphatic rings. The average molecular weight is 300 g/mol. The quantitative estimate of drug-likeness (QED) is 0.874. The summed E-state index contributed by atoms with van der Waals surface area (Å²) in [6, 6.07) is 12.4. The highest BCUT2D eigenvalue weighted by Gasteiger charge is 2.14. The van der Waals surface area contributed by atoms with E-state index in [0.29, 0.717) is 26.4 Å². The van der Waals surface area contributed by atoms with Gasteiger partial charge in [0.2, 0.25) is 0 Å². The summed E-state index contributed by atoms with van der Waals surface area (Å²) < 4.78 is 12.3. The Labute approximate surface area is 118 Å². The summed E-state index contributed by atoms with van der Waals surface area (Å²) >= 11 is 12.1. The van der Waals surface area contributed by atoms with E-state index < -0.39 is 10.8 Å². The maximum absolute atomic E-state index is 12.3. The van der Waals surface area contributed by atoms with Crippen molar-refractivity contribution in [1.29, 1.82) is 0 Å². The van der Waals surface area contributed by atoms with Gasteiger partial charge < -0.3 is 5.73 Å². The largest absolute Gasteiger partial charge is 0.398 e. The average Bonchev–Trinajstić information content (AvgIpc) is 2.32. The van der Waals surface area contributed by atoms with Crippen LogP contribution in [0.15, 0.2) is 47.4 Å². The Kier molecular flexibility index (Phi) is 4.27. The second-order valence-corrected chi connectivity index (χ2v) is 5.94. The van der Waals surface area contributed by atoms with Crippen LogP contribution in [0, 0.1) is 0 Å². The fourth-order valence-corrected chi connectivity index (χ4v) is 3.61. The second-order valence-electron chi connectivity index (χ2n) is 3.74. The van der Waals surface area contributed by atoms with Gasteiger partial charge in [0.25, 0.3) is 0 Å². The van der Waals surface area contributed by atoms with E-state index in [1.54, 1.807) is 24.3 Å². The van der Waals surface area contributed by atoms with E-state index in [1.165, 1.54) is 0 Å². The molecule has 0 saturated heterocycles. The molecule has 0 spiro atoms. The van der Waals surface area contributed by atoms with Crippen LogP contribution in [-0.4, -0.2) is 4.21 Å². The minimum Gasteiger partial charge on any atom is -0.398 e. The second kappa shape index (κ2) is 5.74. The Hall–Kier alpha value is -1.03. The smallest absolute Gasteiger partial charge is 0.0806 e. The zero-order chi connectivity index (χ0) is 13.1. The van der Waals surface area contributed by atoms with Gasteiger partial charge in [0, 0.05) is 10.7 Å². The van der Waals surface area contributed by atoms with E-state index in [9.17, 15) is 4.21 Å². The standard InChI is InChI=1S/C13H11Cl2NOS/c14-10-5-2-1-4-9(10)8-18(17)13-11(15)6-3-7-12(13)16/h1-7H,8,16H2. The Morgan fingerprint density at radius 3 is 2.33 bits per heavy atom. The van der Waals surface area contributed by atoms with Gasteiger partial charge in [0.1, 0.15) is 0 Å². The van der Waals surface area contributed by atoms with Gasteiger partial charge in [-0.25, -0.2) is 0 Å². The Morgan fingerprint density at radius 1 is 1.00 bits per heavy atom. The molecule has 2 aromatic rings. The molecule has 0 fully saturated rings. The topological polar surface area (TPSA) is 43.1 Å². The summed E-state index contributed by atoms with van der Waals surface area (Å²) in [5.41, 5.74) is 7.06. The van der Waals surface area contributed by atoms with E-state index in [-0.39, 0.29) is 0 Å². The molecule has 1 unspecified atom stereocenters. The van der Waals surface area contributed by atoms with E-state index in [0.717, 1.165) is 5.56 Å². The molecular formula is C13H11Cl2NOS. The van der Waals surface area contributed by atoms with Gasteiger partial charge in [-0.3, -0.25) is 4.21 Å². The molecule has 0 aromatic heterocycles. The molecule has 0 radical (unpaired) electrons. The zero-order valence-electron chi connectivity index (χ0n) is 9.40. The monoisotopic (exact) mass is 299 g/mol. The van der Waals surface area contributed by atoms with Gasteiger partial charge in [-0.15, -0.1) is 0 Å². The Morgan fingerprint density at radius 2 is 1.67 bits per heavy atom. The van der Waals surface area contributed by atoms with Crippen molar-refractivity contribution in [3.8, 4) is 0 Å². The highest BCUT2D eigenvalue weighted by molar-refractivity contribution is 7.84. The van der Waals surface area contributed by atoms with Crippen LogP contribution >= 0.6 is 23.2 Å². The van der Waals surface area contributed by atoms with Crippen LogP contribution in [0.3, 0.4) is 0 Å². The molecule has 2 rings (SSSR count). The minimum atomic E-state index is -1.31. The summed E-state index contributed by atoms with van der Waals surface area (Å²) in [6.07, 6.45) is 0. The molecule has 0 heterocycles. The molecule has 0 aliphatic heterocycles. The van der Waals surface area contributed by atoms with E-state index >= 15 is 0 Å². The number of hydrogen-bond acceptors (Lipinski definition) is 2. The van der Waals surface area contributed by atoms with Crippen molar-refractivity contribution < 1.29 is 4.21 Å². The van der Waals surface area contributed by atoms with Crippen LogP contribution in [0.1, 0.15) is 5.56 Å². The third kappa shape index (κ3) is 2.86. The summed E-state index contributed by atoms with van der Waals surface area (Å²) in [7, 11) is -1.31. The van der Waals surface area contributed by atoms with Crippen LogP contribution in [0.2, 0.25) is 10.0 Å². The van der Waals surface area contributed by atoms with Crippen molar-refractivity contribution in [2.45, 2.75) is 10.6 Å². The van der Waals surface area contributed by atoms with E-state index in [4.69, 9.17) is 28.9 Å². The lowest BCUT2D eigenvalue weighted by Crippen LogP contribution is -2.02. The summed E-state index contributed by atoms with van der Waals surface area (Å²) in [4.78, 5) is 0.471. The number of anilines is 1. The molecule has 0 amide bonds. The van der Waals surface area contributed by atoms with Gasteiger partial charge in [0.15, 0.2) is 0 Å². The van der Waals surface area contributed by atoms with Crippen molar-refractivity contribution in [3.05, 3.63) is 58.1 Å². The molecule has 0 bridgehead atoms. The molecule has 5 heteroatoms. The van der Waals surface area contributed by atoms with Crippen molar-refractivity contribution in [2.24, 2.45) is 0 Å². The Bertz CT molecular complexity index is 581. The van der Waals surface area contributed by atoms with Crippen molar-refractivity contribution in [1.82, 2.24) is 0 Å². The highest BCUT2D eigenvalue weighted by atomic mass is 35.5. The highest BCUT2D eigenvalue weighted by Crippen LogP contribution is 2.28. The van der Waals surface area contributed by atoms with Crippen molar-refractivity contribution in [2.75, 3.05) is 5.73 Å². The summed E-state index contributed by atoms with van der Waals surface area (Å²) in [5.74, 6) is 0.299. The maximum Gasteiger partial charge on any atom is 0.0806 e. The van der Waals surface area contributed by atoms with Gasteiger partial charge in [-0.1, -0.05) is 47.5 Å². The lowest BCUT2D eigenvalue weighted by atomic mass is 10.2. The number of hydrogen-bond donors (Lipinski definition) is 1. The van der Waals surface area contributed by atoms with Crippen LogP contribution in [0.5, 0.6) is 0 Å². The van der Waals surface area contributed by atoms with Crippen LogP contribution in [0.4, 0.5) is 5.69 Å². The van der Waals surface area contributed by atoms with E-state index in [1.807, 2.05) is 18.2 Å². The van der Waals surface area contributed by atoms with Gasteiger partial charge in [-0.05, 0) is 23.8 Å². The molecule has 94 valence electrons. The van der Waals surface area contributed by atoms with Crippen molar-refractivity contribution >= 4 is 39.7 Å². The number of nitrogen functional groups attached to an aromatic ring is 1. The van der Waals surface area contributed by atoms with Crippen molar-refractivity contribution in [3.63, 3.8) is 0 Å².